The molecule has 118 valence electrons. The van der Waals surface area contributed by atoms with Gasteiger partial charge in [0, 0.05) is 13.1 Å². The molecule has 0 aromatic carbocycles. The van der Waals surface area contributed by atoms with Crippen molar-refractivity contribution in [1.82, 2.24) is 5.32 Å². The van der Waals surface area contributed by atoms with E-state index >= 15 is 0 Å². The largest absolute Gasteiger partial charge is 0.376 e. The van der Waals surface area contributed by atoms with E-state index in [-0.39, 0.29) is 5.91 Å². The lowest BCUT2D eigenvalue weighted by molar-refractivity contribution is -0.131. The zero-order chi connectivity index (χ0) is 15.0. The van der Waals surface area contributed by atoms with Crippen LogP contribution in [-0.4, -0.2) is 31.7 Å². The van der Waals surface area contributed by atoms with Crippen LogP contribution in [0.2, 0.25) is 0 Å². The molecule has 1 rings (SSSR count). The number of carbonyl (C=O) groups excluding carboxylic acids is 1. The number of nitrogens with two attached hydrogens (primary N) is 1. The van der Waals surface area contributed by atoms with Gasteiger partial charge in [0.05, 0.1) is 18.1 Å². The predicted molar refractivity (Wildman–Crippen MR) is 82.5 cm³/mol. The first-order chi connectivity index (χ1) is 9.59. The molecule has 1 fully saturated rings. The van der Waals surface area contributed by atoms with Crippen LogP contribution in [0.15, 0.2) is 0 Å². The monoisotopic (exact) mass is 284 g/mol. The molecule has 1 amide bonds. The van der Waals surface area contributed by atoms with Crippen molar-refractivity contribution in [1.29, 1.82) is 0 Å². The Morgan fingerprint density at radius 1 is 1.30 bits per heavy atom. The van der Waals surface area contributed by atoms with Crippen molar-refractivity contribution >= 4 is 5.91 Å². The minimum absolute atomic E-state index is 0.0743. The van der Waals surface area contributed by atoms with Crippen LogP contribution in [0.1, 0.15) is 59.3 Å². The molecule has 4 heteroatoms. The van der Waals surface area contributed by atoms with Gasteiger partial charge in [-0.25, -0.2) is 0 Å². The first-order valence-electron chi connectivity index (χ1n) is 8.19. The molecular formula is C16H32N2O2. The fourth-order valence-electron chi connectivity index (χ4n) is 3.04. The second-order valence-corrected chi connectivity index (χ2v) is 6.12. The van der Waals surface area contributed by atoms with Crippen LogP contribution in [0, 0.1) is 11.3 Å². The number of amides is 1. The number of hydrogen-bond acceptors (Lipinski definition) is 3. The summed E-state index contributed by atoms with van der Waals surface area (Å²) in [6.07, 6.45) is 6.95. The minimum Gasteiger partial charge on any atom is -0.376 e. The molecule has 0 aliphatic heterocycles. The SMILES string of the molecule is CCC(CC)(CN)C(=O)NCCOC1CCCCC1C. The van der Waals surface area contributed by atoms with E-state index in [2.05, 4.69) is 12.2 Å². The van der Waals surface area contributed by atoms with Crippen molar-refractivity contribution in [2.24, 2.45) is 17.1 Å². The highest BCUT2D eigenvalue weighted by Gasteiger charge is 2.32. The van der Waals surface area contributed by atoms with E-state index < -0.39 is 5.41 Å². The lowest BCUT2D eigenvalue weighted by atomic mass is 9.81. The van der Waals surface area contributed by atoms with Gasteiger partial charge in [0.1, 0.15) is 0 Å². The van der Waals surface area contributed by atoms with Gasteiger partial charge >= 0.3 is 0 Å². The normalized spacial score (nSPS) is 23.6. The second kappa shape index (κ2) is 8.63. The molecule has 0 aromatic rings. The number of rotatable bonds is 8. The molecule has 2 unspecified atom stereocenters. The van der Waals surface area contributed by atoms with Crippen molar-refractivity contribution in [3.63, 3.8) is 0 Å². The van der Waals surface area contributed by atoms with Crippen LogP contribution in [0.3, 0.4) is 0 Å². The van der Waals surface area contributed by atoms with E-state index in [1.807, 2.05) is 13.8 Å². The number of nitrogens with one attached hydrogen (secondary N) is 1. The van der Waals surface area contributed by atoms with Gasteiger partial charge in [0.2, 0.25) is 5.91 Å². The summed E-state index contributed by atoms with van der Waals surface area (Å²) in [5, 5.41) is 2.99. The van der Waals surface area contributed by atoms with Crippen molar-refractivity contribution < 1.29 is 9.53 Å². The maximum atomic E-state index is 12.2. The summed E-state index contributed by atoms with van der Waals surface area (Å²) in [5.41, 5.74) is 5.37. The van der Waals surface area contributed by atoms with Gasteiger partial charge in [-0.2, -0.15) is 0 Å². The molecule has 1 aliphatic rings. The van der Waals surface area contributed by atoms with Crippen molar-refractivity contribution in [2.45, 2.75) is 65.4 Å². The van der Waals surface area contributed by atoms with Gasteiger partial charge < -0.3 is 15.8 Å². The highest BCUT2D eigenvalue weighted by atomic mass is 16.5. The molecule has 0 radical (unpaired) electrons. The second-order valence-electron chi connectivity index (χ2n) is 6.12. The predicted octanol–water partition coefficient (Wildman–Crippen LogP) is 2.46. The van der Waals surface area contributed by atoms with E-state index in [0.29, 0.717) is 31.7 Å². The summed E-state index contributed by atoms with van der Waals surface area (Å²) < 4.78 is 5.91. The summed E-state index contributed by atoms with van der Waals surface area (Å²) in [5.74, 6) is 0.721. The topological polar surface area (TPSA) is 64.4 Å². The van der Waals surface area contributed by atoms with E-state index in [9.17, 15) is 4.79 Å². The molecule has 0 saturated heterocycles. The van der Waals surface area contributed by atoms with Crippen LogP contribution >= 0.6 is 0 Å². The van der Waals surface area contributed by atoms with Crippen LogP contribution in [-0.2, 0) is 9.53 Å². The molecule has 4 nitrogen and oxygen atoms in total. The summed E-state index contributed by atoms with van der Waals surface area (Å²) in [4.78, 5) is 12.2. The average molecular weight is 284 g/mol. The third-order valence-electron chi connectivity index (χ3n) is 4.98. The molecule has 2 atom stereocenters. The lowest BCUT2D eigenvalue weighted by Crippen LogP contribution is -2.46. The Morgan fingerprint density at radius 3 is 2.50 bits per heavy atom. The molecule has 1 saturated carbocycles. The number of carbonyl (C=O) groups is 1. The molecule has 20 heavy (non-hydrogen) atoms. The molecule has 0 heterocycles. The minimum atomic E-state index is -0.405. The highest BCUT2D eigenvalue weighted by Crippen LogP contribution is 2.26. The molecular weight excluding hydrogens is 252 g/mol. The summed E-state index contributed by atoms with van der Waals surface area (Å²) in [7, 11) is 0. The zero-order valence-electron chi connectivity index (χ0n) is 13.4. The third-order valence-corrected chi connectivity index (χ3v) is 4.98. The smallest absolute Gasteiger partial charge is 0.227 e. The average Bonchev–Trinajstić information content (AvgIpc) is 2.48. The Bertz CT molecular complexity index is 282. The zero-order valence-corrected chi connectivity index (χ0v) is 13.4. The van der Waals surface area contributed by atoms with E-state index in [1.165, 1.54) is 19.3 Å². The highest BCUT2D eigenvalue weighted by molar-refractivity contribution is 5.82. The summed E-state index contributed by atoms with van der Waals surface area (Å²) in [6.45, 7) is 7.91. The van der Waals surface area contributed by atoms with Crippen LogP contribution in [0.25, 0.3) is 0 Å². The first kappa shape index (κ1) is 17.4. The van der Waals surface area contributed by atoms with E-state index in [1.54, 1.807) is 0 Å². The Balaban J connectivity index is 2.27. The Morgan fingerprint density at radius 2 is 1.95 bits per heavy atom. The Hall–Kier alpha value is -0.610. The van der Waals surface area contributed by atoms with Gasteiger partial charge in [0.15, 0.2) is 0 Å². The van der Waals surface area contributed by atoms with Crippen molar-refractivity contribution in [3.05, 3.63) is 0 Å². The van der Waals surface area contributed by atoms with E-state index in [0.717, 1.165) is 19.3 Å². The lowest BCUT2D eigenvalue weighted by Gasteiger charge is -2.30. The van der Waals surface area contributed by atoms with Gasteiger partial charge in [-0.1, -0.05) is 33.6 Å². The van der Waals surface area contributed by atoms with Crippen LogP contribution < -0.4 is 11.1 Å². The Labute approximate surface area is 123 Å². The fraction of sp³-hybridized carbons (Fsp3) is 0.938. The maximum Gasteiger partial charge on any atom is 0.227 e. The van der Waals surface area contributed by atoms with Gasteiger partial charge in [-0.3, -0.25) is 4.79 Å². The van der Waals surface area contributed by atoms with Gasteiger partial charge in [-0.15, -0.1) is 0 Å². The molecule has 0 aromatic heterocycles. The van der Waals surface area contributed by atoms with Gasteiger partial charge in [-0.05, 0) is 31.6 Å². The number of hydrogen-bond donors (Lipinski definition) is 2. The van der Waals surface area contributed by atoms with Crippen molar-refractivity contribution in [3.8, 4) is 0 Å². The third kappa shape index (κ3) is 4.45. The summed E-state index contributed by atoms with van der Waals surface area (Å²) >= 11 is 0. The van der Waals surface area contributed by atoms with Crippen LogP contribution in [0.4, 0.5) is 0 Å². The van der Waals surface area contributed by atoms with Crippen molar-refractivity contribution in [2.75, 3.05) is 19.7 Å². The van der Waals surface area contributed by atoms with E-state index in [4.69, 9.17) is 10.5 Å². The summed E-state index contributed by atoms with van der Waals surface area (Å²) in [6, 6.07) is 0. The quantitative estimate of drug-likeness (QED) is 0.673. The molecule has 0 bridgehead atoms. The standard InChI is InChI=1S/C16H32N2O2/c1-4-16(5-2,12-17)15(19)18-10-11-20-14-9-7-6-8-13(14)3/h13-14H,4-12,17H2,1-3H3,(H,18,19). The molecule has 0 spiro atoms. The van der Waals surface area contributed by atoms with Gasteiger partial charge in [0.25, 0.3) is 0 Å². The molecule has 3 N–H and O–H groups in total. The first-order valence-corrected chi connectivity index (χ1v) is 8.19. The fourth-order valence-corrected chi connectivity index (χ4v) is 3.04. The molecule has 1 aliphatic carbocycles. The van der Waals surface area contributed by atoms with Crippen LogP contribution in [0.5, 0.6) is 0 Å². The Kier molecular flexibility index (Phi) is 7.52. The number of ether oxygens (including phenoxy) is 1. The maximum absolute atomic E-state index is 12.2.